The lowest BCUT2D eigenvalue weighted by atomic mass is 10.1. The minimum absolute atomic E-state index is 0.0559. The number of carbonyl (C=O) groups is 2. The van der Waals surface area contributed by atoms with Gasteiger partial charge in [-0.2, -0.15) is 0 Å². The second kappa shape index (κ2) is 6.47. The van der Waals surface area contributed by atoms with Gasteiger partial charge in [0.2, 0.25) is 0 Å². The molecule has 0 aromatic carbocycles. The van der Waals surface area contributed by atoms with Crippen molar-refractivity contribution in [1.29, 1.82) is 0 Å². The maximum Gasteiger partial charge on any atom is 0.354 e. The molecule has 108 valence electrons. The first-order chi connectivity index (χ1) is 9.61. The number of ether oxygens (including phenoxy) is 1. The molecule has 1 aromatic heterocycles. The van der Waals surface area contributed by atoms with Crippen molar-refractivity contribution in [2.75, 3.05) is 19.7 Å². The van der Waals surface area contributed by atoms with Crippen LogP contribution >= 0.6 is 0 Å². The number of amides is 1. The zero-order chi connectivity index (χ0) is 14.5. The maximum absolute atomic E-state index is 12.3. The minimum atomic E-state index is -1.13. The molecule has 0 spiro atoms. The molecule has 6 nitrogen and oxygen atoms in total. The summed E-state index contributed by atoms with van der Waals surface area (Å²) in [5.41, 5.74) is 0.0521. The molecule has 1 amide bonds. The molecular formula is C14H18N2O4. The van der Waals surface area contributed by atoms with Gasteiger partial charge in [0.25, 0.3) is 5.91 Å². The molecule has 1 unspecified atom stereocenters. The third kappa shape index (κ3) is 3.33. The molecule has 1 fully saturated rings. The van der Waals surface area contributed by atoms with E-state index in [0.29, 0.717) is 19.7 Å². The zero-order valence-electron chi connectivity index (χ0n) is 11.4. The Kier molecular flexibility index (Phi) is 4.68. The number of aromatic nitrogens is 1. The highest BCUT2D eigenvalue weighted by Crippen LogP contribution is 2.13. The minimum Gasteiger partial charge on any atom is -0.477 e. The molecule has 1 atom stereocenters. The second-order valence-electron chi connectivity index (χ2n) is 4.75. The lowest BCUT2D eigenvalue weighted by Gasteiger charge is -2.32. The number of carboxylic acid groups (broad SMARTS) is 1. The van der Waals surface area contributed by atoms with Crippen LogP contribution in [0.1, 0.15) is 40.7 Å². The van der Waals surface area contributed by atoms with E-state index in [9.17, 15) is 9.59 Å². The van der Waals surface area contributed by atoms with Gasteiger partial charge in [0.15, 0.2) is 0 Å². The van der Waals surface area contributed by atoms with Gasteiger partial charge in [-0.15, -0.1) is 0 Å². The molecule has 2 heterocycles. The van der Waals surface area contributed by atoms with Crippen molar-refractivity contribution in [3.63, 3.8) is 0 Å². The van der Waals surface area contributed by atoms with Crippen molar-refractivity contribution >= 4 is 11.9 Å². The predicted octanol–water partition coefficient (Wildman–Crippen LogP) is 1.42. The first-order valence-electron chi connectivity index (χ1n) is 6.73. The third-order valence-corrected chi connectivity index (χ3v) is 3.22. The predicted molar refractivity (Wildman–Crippen MR) is 71.7 cm³/mol. The fraction of sp³-hybridized carbons (Fsp3) is 0.500. The van der Waals surface area contributed by atoms with E-state index in [4.69, 9.17) is 9.84 Å². The molecule has 1 aromatic rings. The summed E-state index contributed by atoms with van der Waals surface area (Å²) in [6.45, 7) is 3.63. The standard InChI is InChI=1S/C14H18N2O4/c1-2-4-10-9-16(7-8-20-10)13(17)11-5-3-6-12(15-11)14(18)19/h3,5-6,10H,2,4,7-9H2,1H3,(H,18,19). The summed E-state index contributed by atoms with van der Waals surface area (Å²) in [7, 11) is 0. The number of aromatic carboxylic acids is 1. The van der Waals surface area contributed by atoms with Crippen molar-refractivity contribution in [3.05, 3.63) is 29.6 Å². The number of nitrogens with zero attached hydrogens (tertiary/aromatic N) is 2. The Morgan fingerprint density at radius 3 is 2.90 bits per heavy atom. The molecule has 0 aliphatic carbocycles. The zero-order valence-corrected chi connectivity index (χ0v) is 11.4. The number of hydrogen-bond donors (Lipinski definition) is 1. The highest BCUT2D eigenvalue weighted by atomic mass is 16.5. The fourth-order valence-corrected chi connectivity index (χ4v) is 2.24. The summed E-state index contributed by atoms with van der Waals surface area (Å²) in [5, 5.41) is 8.91. The third-order valence-electron chi connectivity index (χ3n) is 3.22. The van der Waals surface area contributed by atoms with Crippen LogP contribution in [0.15, 0.2) is 18.2 Å². The smallest absolute Gasteiger partial charge is 0.354 e. The van der Waals surface area contributed by atoms with Gasteiger partial charge in [0, 0.05) is 13.1 Å². The van der Waals surface area contributed by atoms with Crippen LogP contribution in [0.5, 0.6) is 0 Å². The van der Waals surface area contributed by atoms with Crippen molar-refractivity contribution in [3.8, 4) is 0 Å². The van der Waals surface area contributed by atoms with Gasteiger partial charge in [0.1, 0.15) is 11.4 Å². The van der Waals surface area contributed by atoms with Crippen LogP contribution in [0.2, 0.25) is 0 Å². The van der Waals surface area contributed by atoms with E-state index in [0.717, 1.165) is 12.8 Å². The van der Waals surface area contributed by atoms with Crippen LogP contribution in [0.4, 0.5) is 0 Å². The Morgan fingerprint density at radius 1 is 1.45 bits per heavy atom. The highest BCUT2D eigenvalue weighted by molar-refractivity contribution is 5.94. The van der Waals surface area contributed by atoms with Gasteiger partial charge in [-0.25, -0.2) is 9.78 Å². The number of pyridine rings is 1. The lowest BCUT2D eigenvalue weighted by Crippen LogP contribution is -2.45. The number of carboxylic acids is 1. The Labute approximate surface area is 117 Å². The van der Waals surface area contributed by atoms with E-state index in [2.05, 4.69) is 11.9 Å². The molecule has 0 bridgehead atoms. The van der Waals surface area contributed by atoms with Crippen molar-refractivity contribution in [2.45, 2.75) is 25.9 Å². The number of rotatable bonds is 4. The lowest BCUT2D eigenvalue weighted by molar-refractivity contribution is -0.0252. The summed E-state index contributed by atoms with van der Waals surface area (Å²) >= 11 is 0. The van der Waals surface area contributed by atoms with E-state index in [1.807, 2.05) is 0 Å². The van der Waals surface area contributed by atoms with Gasteiger partial charge in [0.05, 0.1) is 12.7 Å². The van der Waals surface area contributed by atoms with Gasteiger partial charge in [-0.3, -0.25) is 4.79 Å². The Hall–Kier alpha value is -1.95. The van der Waals surface area contributed by atoms with Gasteiger partial charge >= 0.3 is 5.97 Å². The second-order valence-corrected chi connectivity index (χ2v) is 4.75. The monoisotopic (exact) mass is 278 g/mol. The largest absolute Gasteiger partial charge is 0.477 e. The molecular weight excluding hydrogens is 260 g/mol. The van der Waals surface area contributed by atoms with Crippen LogP contribution in [0.25, 0.3) is 0 Å². The molecule has 0 radical (unpaired) electrons. The molecule has 1 aliphatic rings. The van der Waals surface area contributed by atoms with Crippen molar-refractivity contribution in [2.24, 2.45) is 0 Å². The molecule has 1 saturated heterocycles. The molecule has 1 aliphatic heterocycles. The number of carbonyl (C=O) groups excluding carboxylic acids is 1. The first-order valence-corrected chi connectivity index (χ1v) is 6.73. The van der Waals surface area contributed by atoms with Crippen LogP contribution in [0, 0.1) is 0 Å². The number of morpholine rings is 1. The fourth-order valence-electron chi connectivity index (χ4n) is 2.24. The van der Waals surface area contributed by atoms with E-state index in [1.165, 1.54) is 12.1 Å². The van der Waals surface area contributed by atoms with Crippen LogP contribution in [-0.4, -0.2) is 52.7 Å². The van der Waals surface area contributed by atoms with E-state index in [-0.39, 0.29) is 23.4 Å². The summed E-state index contributed by atoms with van der Waals surface area (Å²) < 4.78 is 5.59. The Bertz CT molecular complexity index is 502. The van der Waals surface area contributed by atoms with E-state index >= 15 is 0 Å². The SMILES string of the molecule is CCCC1CN(C(=O)c2cccc(C(=O)O)n2)CCO1. The van der Waals surface area contributed by atoms with Crippen LogP contribution in [-0.2, 0) is 4.74 Å². The molecule has 2 rings (SSSR count). The summed E-state index contributed by atoms with van der Waals surface area (Å²) in [6.07, 6.45) is 1.96. The quantitative estimate of drug-likeness (QED) is 0.901. The average Bonchev–Trinajstić information content (AvgIpc) is 2.47. The Balaban J connectivity index is 2.10. The maximum atomic E-state index is 12.3. The Morgan fingerprint density at radius 2 is 2.20 bits per heavy atom. The van der Waals surface area contributed by atoms with Crippen molar-refractivity contribution < 1.29 is 19.4 Å². The van der Waals surface area contributed by atoms with E-state index < -0.39 is 5.97 Å². The van der Waals surface area contributed by atoms with Crippen LogP contribution < -0.4 is 0 Å². The molecule has 1 N–H and O–H groups in total. The van der Waals surface area contributed by atoms with Gasteiger partial charge in [-0.1, -0.05) is 19.4 Å². The molecule has 0 saturated carbocycles. The normalized spacial score (nSPS) is 18.9. The van der Waals surface area contributed by atoms with Crippen LogP contribution in [0.3, 0.4) is 0 Å². The highest BCUT2D eigenvalue weighted by Gasteiger charge is 2.25. The summed E-state index contributed by atoms with van der Waals surface area (Å²) in [6, 6.07) is 4.45. The summed E-state index contributed by atoms with van der Waals surface area (Å²) in [4.78, 5) is 28.8. The van der Waals surface area contributed by atoms with Crippen molar-refractivity contribution in [1.82, 2.24) is 9.88 Å². The van der Waals surface area contributed by atoms with E-state index in [1.54, 1.807) is 11.0 Å². The molecule has 6 heteroatoms. The summed E-state index contributed by atoms with van der Waals surface area (Å²) in [5.74, 6) is -1.37. The topological polar surface area (TPSA) is 79.7 Å². The van der Waals surface area contributed by atoms with Gasteiger partial charge < -0.3 is 14.7 Å². The number of hydrogen-bond acceptors (Lipinski definition) is 4. The molecule has 20 heavy (non-hydrogen) atoms. The van der Waals surface area contributed by atoms with Gasteiger partial charge in [-0.05, 0) is 18.6 Å². The average molecular weight is 278 g/mol. The first kappa shape index (κ1) is 14.5.